The Morgan fingerprint density at radius 1 is 1.25 bits per heavy atom. The van der Waals surface area contributed by atoms with Crippen LogP contribution in [-0.2, 0) is 23.1 Å². The number of rotatable bonds is 6. The Balaban J connectivity index is 1.88. The molecule has 0 unspecified atom stereocenters. The van der Waals surface area contributed by atoms with Crippen LogP contribution >= 0.6 is 0 Å². The predicted octanol–water partition coefficient (Wildman–Crippen LogP) is 1.62. The van der Waals surface area contributed by atoms with Crippen molar-refractivity contribution in [1.82, 2.24) is 9.78 Å². The molecule has 0 saturated carbocycles. The van der Waals surface area contributed by atoms with Gasteiger partial charge in [-0.2, -0.15) is 5.10 Å². The lowest BCUT2D eigenvalue weighted by Gasteiger charge is -2.08. The molecule has 6 heteroatoms. The van der Waals surface area contributed by atoms with Gasteiger partial charge in [0, 0.05) is 31.7 Å². The van der Waals surface area contributed by atoms with Crippen molar-refractivity contribution in [1.29, 1.82) is 0 Å². The van der Waals surface area contributed by atoms with Crippen LogP contribution < -0.4 is 10.6 Å². The molecule has 20 heavy (non-hydrogen) atoms. The highest BCUT2D eigenvalue weighted by atomic mass is 16.5. The maximum absolute atomic E-state index is 11.4. The molecule has 2 rings (SSSR count). The number of amides is 1. The minimum atomic E-state index is -0.164. The van der Waals surface area contributed by atoms with Gasteiger partial charge in [-0.25, -0.2) is 0 Å². The van der Waals surface area contributed by atoms with Crippen LogP contribution in [0.4, 0.5) is 11.4 Å². The van der Waals surface area contributed by atoms with Crippen LogP contribution in [0.15, 0.2) is 36.5 Å². The molecule has 0 aliphatic heterocycles. The number of hydrogen-bond acceptors (Lipinski definition) is 4. The van der Waals surface area contributed by atoms with Crippen LogP contribution in [0, 0.1) is 0 Å². The van der Waals surface area contributed by atoms with Crippen LogP contribution in [0.2, 0.25) is 0 Å². The summed E-state index contributed by atoms with van der Waals surface area (Å²) < 4.78 is 6.58. The number of benzene rings is 1. The Kier molecular flexibility index (Phi) is 4.73. The largest absolute Gasteiger partial charge is 0.379 e. The maximum atomic E-state index is 11.4. The number of aromatic nitrogens is 2. The number of nitrogens with zero attached hydrogens (tertiary/aromatic N) is 2. The van der Waals surface area contributed by atoms with Crippen LogP contribution in [0.3, 0.4) is 0 Å². The van der Waals surface area contributed by atoms with Crippen molar-refractivity contribution in [2.45, 2.75) is 6.54 Å². The Bertz CT molecular complexity index is 563. The lowest BCUT2D eigenvalue weighted by atomic mass is 10.2. The van der Waals surface area contributed by atoms with Gasteiger partial charge in [-0.1, -0.05) is 0 Å². The molecule has 0 aliphatic rings. The van der Waals surface area contributed by atoms with Crippen LogP contribution in [-0.4, -0.2) is 29.4 Å². The van der Waals surface area contributed by atoms with E-state index < -0.39 is 0 Å². The molecule has 106 valence electrons. The first kappa shape index (κ1) is 14.1. The fraction of sp³-hybridized carbons (Fsp3) is 0.286. The monoisotopic (exact) mass is 274 g/mol. The predicted molar refractivity (Wildman–Crippen MR) is 77.5 cm³/mol. The van der Waals surface area contributed by atoms with Gasteiger partial charge in [0.05, 0.1) is 12.2 Å². The van der Waals surface area contributed by atoms with Crippen molar-refractivity contribution in [3.63, 3.8) is 0 Å². The zero-order valence-electron chi connectivity index (χ0n) is 11.6. The summed E-state index contributed by atoms with van der Waals surface area (Å²) in [5, 5.41) is 10.1. The second kappa shape index (κ2) is 6.72. The molecule has 0 bridgehead atoms. The third-order valence-corrected chi connectivity index (χ3v) is 2.84. The number of anilines is 2. The minimum absolute atomic E-state index is 0.0560. The highest BCUT2D eigenvalue weighted by molar-refractivity contribution is 5.91. The molecule has 1 aromatic carbocycles. The smallest absolute Gasteiger partial charge is 0.250 e. The second-order valence-electron chi connectivity index (χ2n) is 4.36. The zero-order valence-corrected chi connectivity index (χ0v) is 11.6. The topological polar surface area (TPSA) is 68.2 Å². The number of carbonyl (C=O) groups excluding carboxylic acids is 1. The first-order valence-electron chi connectivity index (χ1n) is 6.28. The van der Waals surface area contributed by atoms with E-state index in [4.69, 9.17) is 4.74 Å². The number of nitrogens with one attached hydrogen (secondary N) is 2. The molecule has 0 spiro atoms. The molecule has 1 heterocycles. The van der Waals surface area contributed by atoms with E-state index in [9.17, 15) is 4.79 Å². The number of carbonyl (C=O) groups is 1. The average molecular weight is 274 g/mol. The van der Waals surface area contributed by atoms with Crippen LogP contribution in [0.5, 0.6) is 0 Å². The summed E-state index contributed by atoms with van der Waals surface area (Å²) in [6.07, 6.45) is 1.77. The van der Waals surface area contributed by atoms with Crippen molar-refractivity contribution in [2.75, 3.05) is 24.4 Å². The second-order valence-corrected chi connectivity index (χ2v) is 4.36. The van der Waals surface area contributed by atoms with Crippen LogP contribution in [0.25, 0.3) is 0 Å². The summed E-state index contributed by atoms with van der Waals surface area (Å²) in [5.41, 5.74) is 2.83. The van der Waals surface area contributed by atoms with Gasteiger partial charge in [0.1, 0.15) is 6.61 Å². The summed E-state index contributed by atoms with van der Waals surface area (Å²) in [7, 11) is 3.40. The highest BCUT2D eigenvalue weighted by Crippen LogP contribution is 2.14. The van der Waals surface area contributed by atoms with Gasteiger partial charge in [-0.05, 0) is 30.3 Å². The van der Waals surface area contributed by atoms with E-state index in [1.54, 1.807) is 6.20 Å². The maximum Gasteiger partial charge on any atom is 0.250 e. The summed E-state index contributed by atoms with van der Waals surface area (Å²) in [5.74, 6) is -0.164. The quantitative estimate of drug-likeness (QED) is 0.840. The Labute approximate surface area is 117 Å². The number of methoxy groups -OCH3 is 1. The third kappa shape index (κ3) is 3.83. The first-order chi connectivity index (χ1) is 9.69. The molecule has 2 aromatic rings. The van der Waals surface area contributed by atoms with Crippen molar-refractivity contribution in [2.24, 2.45) is 7.05 Å². The summed E-state index contributed by atoms with van der Waals surface area (Å²) >= 11 is 0. The Hall–Kier alpha value is -2.34. The highest BCUT2D eigenvalue weighted by Gasteiger charge is 2.02. The molecule has 6 nitrogen and oxygen atoms in total. The fourth-order valence-corrected chi connectivity index (χ4v) is 1.77. The van der Waals surface area contributed by atoms with E-state index >= 15 is 0 Å². The minimum Gasteiger partial charge on any atom is -0.379 e. The molecule has 1 amide bonds. The van der Waals surface area contributed by atoms with Crippen molar-refractivity contribution >= 4 is 17.3 Å². The molecule has 1 aromatic heterocycles. The molecule has 0 radical (unpaired) electrons. The molecule has 2 N–H and O–H groups in total. The van der Waals surface area contributed by atoms with Crippen molar-refractivity contribution in [3.8, 4) is 0 Å². The molecule has 0 fully saturated rings. The Morgan fingerprint density at radius 2 is 1.95 bits per heavy atom. The van der Waals surface area contributed by atoms with E-state index in [2.05, 4.69) is 15.7 Å². The zero-order chi connectivity index (χ0) is 14.4. The van der Waals surface area contributed by atoms with Crippen LogP contribution in [0.1, 0.15) is 5.69 Å². The molecule has 0 atom stereocenters. The van der Waals surface area contributed by atoms with Gasteiger partial charge >= 0.3 is 0 Å². The third-order valence-electron chi connectivity index (χ3n) is 2.84. The van der Waals surface area contributed by atoms with E-state index in [-0.39, 0.29) is 12.5 Å². The van der Waals surface area contributed by atoms with E-state index in [1.165, 1.54) is 7.11 Å². The van der Waals surface area contributed by atoms with E-state index in [0.717, 1.165) is 17.1 Å². The standard InChI is InChI=1S/C14H18N4O2/c1-18-13(7-8-16-18)9-15-11-3-5-12(6-4-11)17-14(19)10-20-2/h3-8,15H,9-10H2,1-2H3,(H,17,19). The van der Waals surface area contributed by atoms with Gasteiger partial charge in [0.15, 0.2) is 0 Å². The first-order valence-corrected chi connectivity index (χ1v) is 6.28. The number of ether oxygens (including phenoxy) is 1. The van der Waals surface area contributed by atoms with Gasteiger partial charge in [0.25, 0.3) is 0 Å². The average Bonchev–Trinajstić information content (AvgIpc) is 2.84. The van der Waals surface area contributed by atoms with Gasteiger partial charge in [-0.3, -0.25) is 9.48 Å². The molecular weight excluding hydrogens is 256 g/mol. The van der Waals surface area contributed by atoms with Crippen molar-refractivity contribution < 1.29 is 9.53 Å². The van der Waals surface area contributed by atoms with Gasteiger partial charge in [0.2, 0.25) is 5.91 Å². The molecule has 0 aliphatic carbocycles. The van der Waals surface area contributed by atoms with E-state index in [1.807, 2.05) is 42.1 Å². The summed E-state index contributed by atoms with van der Waals surface area (Å²) in [6, 6.07) is 9.49. The number of aryl methyl sites for hydroxylation is 1. The SMILES string of the molecule is COCC(=O)Nc1ccc(NCc2ccnn2C)cc1. The summed E-state index contributed by atoms with van der Waals surface area (Å²) in [4.78, 5) is 11.4. The Morgan fingerprint density at radius 3 is 2.55 bits per heavy atom. The van der Waals surface area contributed by atoms with Gasteiger partial charge < -0.3 is 15.4 Å². The fourth-order valence-electron chi connectivity index (χ4n) is 1.77. The van der Waals surface area contributed by atoms with E-state index in [0.29, 0.717) is 6.54 Å². The molecule has 0 saturated heterocycles. The lowest BCUT2D eigenvalue weighted by Crippen LogP contribution is -2.16. The van der Waals surface area contributed by atoms with Gasteiger partial charge in [-0.15, -0.1) is 0 Å². The lowest BCUT2D eigenvalue weighted by molar-refractivity contribution is -0.119. The summed E-state index contributed by atoms with van der Waals surface area (Å²) in [6.45, 7) is 0.756. The normalized spacial score (nSPS) is 10.3. The van der Waals surface area contributed by atoms with Crippen molar-refractivity contribution in [3.05, 3.63) is 42.2 Å². The molecular formula is C14H18N4O2. The number of hydrogen-bond donors (Lipinski definition) is 2.